The summed E-state index contributed by atoms with van der Waals surface area (Å²) in [5.74, 6) is 0.0268. The molecule has 2 aliphatic rings. The number of fused-ring (bicyclic) bond motifs is 3. The van der Waals surface area contributed by atoms with E-state index in [-0.39, 0.29) is 35.5 Å². The lowest BCUT2D eigenvalue weighted by atomic mass is 10.1. The number of carboxylic acids is 1. The van der Waals surface area contributed by atoms with E-state index >= 15 is 0 Å². The highest BCUT2D eigenvalue weighted by molar-refractivity contribution is 5.92. The van der Waals surface area contributed by atoms with Crippen LogP contribution in [0.3, 0.4) is 0 Å². The number of aromatic nitrogens is 5. The van der Waals surface area contributed by atoms with Gasteiger partial charge in [0.2, 0.25) is 5.88 Å². The Morgan fingerprint density at radius 1 is 1.15 bits per heavy atom. The van der Waals surface area contributed by atoms with Gasteiger partial charge < -0.3 is 28.6 Å². The highest BCUT2D eigenvalue weighted by Crippen LogP contribution is 2.39. The number of nitrogens with zero attached hydrogens (tertiary/aromatic N) is 7. The number of pyridine rings is 1. The van der Waals surface area contributed by atoms with E-state index in [1.807, 2.05) is 18.3 Å². The first kappa shape index (κ1) is 29.0. The first-order valence-electron chi connectivity index (χ1n) is 15.0. The van der Waals surface area contributed by atoms with Crippen LogP contribution in [0.25, 0.3) is 11.0 Å². The average molecular weight is 620 g/mol. The summed E-state index contributed by atoms with van der Waals surface area (Å²) in [4.78, 5) is 27.9. The van der Waals surface area contributed by atoms with E-state index in [0.29, 0.717) is 24.7 Å². The van der Waals surface area contributed by atoms with E-state index < -0.39 is 11.8 Å². The van der Waals surface area contributed by atoms with E-state index in [9.17, 15) is 14.3 Å². The number of rotatable bonds is 11. The lowest BCUT2D eigenvalue weighted by Crippen LogP contribution is -2.32. The smallest absolute Gasteiger partial charge is 0.335 e. The number of aryl methyl sites for hydroxylation is 1. The van der Waals surface area contributed by atoms with E-state index in [1.165, 1.54) is 17.8 Å². The van der Waals surface area contributed by atoms with Gasteiger partial charge in [-0.3, -0.25) is 0 Å². The number of aromatic carboxylic acids is 1. The Bertz CT molecular complexity index is 2030. The Morgan fingerprint density at radius 3 is 2.80 bits per heavy atom. The monoisotopic (exact) mass is 619 g/mol. The summed E-state index contributed by atoms with van der Waals surface area (Å²) in [5.41, 5.74) is 4.75. The Kier molecular flexibility index (Phi) is 7.58. The molecule has 232 valence electrons. The summed E-state index contributed by atoms with van der Waals surface area (Å²) in [6.45, 7) is 4.77. The maximum absolute atomic E-state index is 14.2. The predicted octanol–water partition coefficient (Wildman–Crippen LogP) is 5.15. The van der Waals surface area contributed by atoms with Gasteiger partial charge in [-0.2, -0.15) is 5.26 Å². The molecule has 0 spiro atoms. The molecule has 5 aromatic rings. The first-order chi connectivity index (χ1) is 22.4. The molecule has 2 bridgehead atoms. The fourth-order valence-corrected chi connectivity index (χ4v) is 6.16. The molecule has 0 radical (unpaired) electrons. The van der Waals surface area contributed by atoms with Crippen LogP contribution in [0.4, 0.5) is 4.39 Å². The summed E-state index contributed by atoms with van der Waals surface area (Å²) >= 11 is 0. The normalized spacial score (nSPS) is 16.9. The predicted molar refractivity (Wildman–Crippen MR) is 164 cm³/mol. The Morgan fingerprint density at radius 2 is 2.04 bits per heavy atom. The van der Waals surface area contributed by atoms with Crippen LogP contribution in [0.5, 0.6) is 11.6 Å². The van der Waals surface area contributed by atoms with Gasteiger partial charge in [0, 0.05) is 37.0 Å². The number of hydrogen-bond acceptors (Lipinski definition) is 8. The van der Waals surface area contributed by atoms with Crippen molar-refractivity contribution in [3.8, 4) is 17.7 Å². The zero-order valence-corrected chi connectivity index (χ0v) is 25.0. The second-order valence-electron chi connectivity index (χ2n) is 11.4. The van der Waals surface area contributed by atoms with Crippen LogP contribution in [0.1, 0.15) is 46.5 Å². The topological polar surface area (TPSA) is 131 Å². The fraction of sp³-hybridized carbons (Fsp3) is 0.265. The number of benzene rings is 2. The molecular formula is C34H30FN7O4. The zero-order chi connectivity index (χ0) is 31.8. The van der Waals surface area contributed by atoms with Crippen molar-refractivity contribution in [2.45, 2.75) is 45.7 Å². The molecule has 0 amide bonds. The number of imidazole rings is 2. The minimum Gasteiger partial charge on any atom is -0.484 e. The quantitative estimate of drug-likeness (QED) is 0.213. The van der Waals surface area contributed by atoms with Gasteiger partial charge in [-0.25, -0.2) is 24.1 Å². The number of carboxylic acid groups (broad SMARTS) is 1. The molecule has 1 aliphatic heterocycles. The number of ether oxygens (including phenoxy) is 2. The largest absolute Gasteiger partial charge is 0.484 e. The van der Waals surface area contributed by atoms with Crippen LogP contribution >= 0.6 is 0 Å². The average Bonchev–Trinajstić information content (AvgIpc) is 3.85. The molecule has 1 saturated heterocycles. The van der Waals surface area contributed by atoms with Gasteiger partial charge in [0.15, 0.2) is 11.6 Å². The van der Waals surface area contributed by atoms with E-state index in [0.717, 1.165) is 48.1 Å². The van der Waals surface area contributed by atoms with Crippen LogP contribution in [0.15, 0.2) is 78.9 Å². The molecule has 3 aromatic heterocycles. The van der Waals surface area contributed by atoms with E-state index in [2.05, 4.69) is 37.0 Å². The van der Waals surface area contributed by atoms with Crippen LogP contribution in [0, 0.1) is 23.1 Å². The highest BCUT2D eigenvalue weighted by Gasteiger charge is 2.40. The molecule has 2 unspecified atom stereocenters. The molecule has 0 saturated carbocycles. The molecule has 2 atom stereocenters. The van der Waals surface area contributed by atoms with Crippen molar-refractivity contribution < 1.29 is 23.8 Å². The van der Waals surface area contributed by atoms with Crippen molar-refractivity contribution in [3.05, 3.63) is 113 Å². The van der Waals surface area contributed by atoms with Crippen LogP contribution < -0.4 is 9.47 Å². The third-order valence-corrected chi connectivity index (χ3v) is 8.49. The third kappa shape index (κ3) is 5.63. The van der Waals surface area contributed by atoms with Crippen molar-refractivity contribution in [1.29, 1.82) is 5.26 Å². The molecule has 7 rings (SSSR count). The van der Waals surface area contributed by atoms with Crippen molar-refractivity contribution in [3.63, 3.8) is 0 Å². The second-order valence-corrected chi connectivity index (χ2v) is 11.4. The molecule has 11 nitrogen and oxygen atoms in total. The summed E-state index contributed by atoms with van der Waals surface area (Å²) < 4.78 is 30.3. The molecule has 2 aromatic carbocycles. The van der Waals surface area contributed by atoms with E-state index in [4.69, 9.17) is 19.7 Å². The van der Waals surface area contributed by atoms with Gasteiger partial charge in [-0.05, 0) is 61.9 Å². The molecule has 1 N–H and O–H groups in total. The highest BCUT2D eigenvalue weighted by atomic mass is 19.1. The van der Waals surface area contributed by atoms with Gasteiger partial charge in [0.05, 0.1) is 59.0 Å². The fourth-order valence-electron chi connectivity index (χ4n) is 6.16. The Balaban J connectivity index is 1.06. The van der Waals surface area contributed by atoms with Crippen LogP contribution in [-0.4, -0.2) is 52.7 Å². The third-order valence-electron chi connectivity index (χ3n) is 8.49. The van der Waals surface area contributed by atoms with Gasteiger partial charge in [0.25, 0.3) is 0 Å². The van der Waals surface area contributed by atoms with Gasteiger partial charge in [-0.1, -0.05) is 6.07 Å². The summed E-state index contributed by atoms with van der Waals surface area (Å²) in [7, 11) is 0. The first-order valence-corrected chi connectivity index (χ1v) is 15.0. The summed E-state index contributed by atoms with van der Waals surface area (Å²) in [5, 5.41) is 18.6. The number of halogens is 1. The van der Waals surface area contributed by atoms with Gasteiger partial charge in [0.1, 0.15) is 18.5 Å². The maximum Gasteiger partial charge on any atom is 0.335 e. The van der Waals surface area contributed by atoms with Gasteiger partial charge >= 0.3 is 5.97 Å². The lowest BCUT2D eigenvalue weighted by Gasteiger charge is -2.27. The zero-order valence-electron chi connectivity index (χ0n) is 25.0. The molecule has 1 fully saturated rings. The Labute approximate surface area is 263 Å². The second kappa shape index (κ2) is 12.0. The van der Waals surface area contributed by atoms with Crippen molar-refractivity contribution in [2.75, 3.05) is 6.54 Å². The van der Waals surface area contributed by atoms with E-state index in [1.54, 1.807) is 36.7 Å². The minimum absolute atomic E-state index is 0.0526. The SMILES string of the molecule is CCn1cncc1Cn1c(CN2CC3CC2=CC3Oc2cccc(COc3ccc(C#N)cc3F)n2)nc2ccc(C(=O)O)cc21. The lowest BCUT2D eigenvalue weighted by molar-refractivity contribution is 0.0697. The molecule has 1 aliphatic carbocycles. The summed E-state index contributed by atoms with van der Waals surface area (Å²) in [6, 6.07) is 16.4. The molecular weight excluding hydrogens is 589 g/mol. The van der Waals surface area contributed by atoms with Crippen LogP contribution in [0.2, 0.25) is 0 Å². The summed E-state index contributed by atoms with van der Waals surface area (Å²) in [6.07, 6.45) is 6.50. The molecule has 12 heteroatoms. The number of allylic oxidation sites excluding steroid dienone is 1. The molecule has 4 heterocycles. The van der Waals surface area contributed by atoms with Crippen molar-refractivity contribution >= 4 is 17.0 Å². The standard InChI is InChI=1S/C34H30FN7O4/c1-2-40-20-37-15-26(40)17-42-29-12-22(34(43)44)7-8-28(29)39-32(42)18-41-16-23-11-25(41)13-31(23)46-33-5-3-4-24(38-33)19-45-30-9-6-21(14-36)10-27(30)35/h3-10,12-13,15,20,23,31H,2,11,16-19H2,1H3,(H,43,44). The number of likely N-dealkylation sites (tertiary alicyclic amines) is 1. The number of carbonyl (C=O) groups is 1. The van der Waals surface area contributed by atoms with Crippen molar-refractivity contribution in [1.82, 2.24) is 29.0 Å². The number of nitriles is 1. The minimum atomic E-state index is -0.976. The van der Waals surface area contributed by atoms with Crippen molar-refractivity contribution in [2.24, 2.45) is 5.92 Å². The van der Waals surface area contributed by atoms with Gasteiger partial charge in [-0.15, -0.1) is 0 Å². The maximum atomic E-state index is 14.2. The Hall–Kier alpha value is -5.70. The molecule has 46 heavy (non-hydrogen) atoms. The number of hydrogen-bond donors (Lipinski definition) is 1. The van der Waals surface area contributed by atoms with Crippen LogP contribution in [-0.2, 0) is 26.2 Å².